The van der Waals surface area contributed by atoms with Crippen LogP contribution in [0.15, 0.2) is 44.4 Å². The van der Waals surface area contributed by atoms with E-state index in [9.17, 15) is 14.7 Å². The lowest BCUT2D eigenvalue weighted by molar-refractivity contribution is -0.141. The van der Waals surface area contributed by atoms with Crippen LogP contribution in [0, 0.1) is 5.92 Å². The van der Waals surface area contributed by atoms with Crippen LogP contribution in [-0.2, 0) is 15.3 Å². The Bertz CT molecular complexity index is 814. The number of hydrogen-bond acceptors (Lipinski definition) is 6. The second-order valence-corrected chi connectivity index (χ2v) is 7.65. The van der Waals surface area contributed by atoms with Gasteiger partial charge in [-0.2, -0.15) is 0 Å². The summed E-state index contributed by atoms with van der Waals surface area (Å²) in [6, 6.07) is 8.60. The molecule has 0 aliphatic heterocycles. The lowest BCUT2D eigenvalue weighted by Gasteiger charge is -2.20. The van der Waals surface area contributed by atoms with Crippen LogP contribution in [-0.4, -0.2) is 18.2 Å². The number of hydrogen-bond donors (Lipinski definition) is 1. The highest BCUT2D eigenvalue weighted by molar-refractivity contribution is 7.98. The van der Waals surface area contributed by atoms with Gasteiger partial charge in [-0.3, -0.25) is 9.59 Å². The first kappa shape index (κ1) is 20.4. The van der Waals surface area contributed by atoms with Crippen molar-refractivity contribution in [2.24, 2.45) is 5.92 Å². The molecule has 0 spiro atoms. The summed E-state index contributed by atoms with van der Waals surface area (Å²) in [5.41, 5.74) is -0.520. The largest absolute Gasteiger partial charge is 0.502 e. The molecular weight excluding hydrogens is 376 g/mol. The van der Waals surface area contributed by atoms with Crippen molar-refractivity contribution in [2.75, 3.05) is 7.11 Å². The van der Waals surface area contributed by atoms with Crippen LogP contribution in [0.4, 0.5) is 0 Å². The predicted octanol–water partition coefficient (Wildman–Crippen LogP) is 4.59. The summed E-state index contributed by atoms with van der Waals surface area (Å²) in [4.78, 5) is 24.8. The molecule has 0 aliphatic carbocycles. The van der Waals surface area contributed by atoms with Crippen LogP contribution in [0.1, 0.15) is 37.7 Å². The number of halogens is 1. The van der Waals surface area contributed by atoms with Gasteiger partial charge in [0.2, 0.25) is 11.2 Å². The molecule has 1 N–H and O–H groups in total. The van der Waals surface area contributed by atoms with E-state index in [4.69, 9.17) is 20.8 Å². The summed E-state index contributed by atoms with van der Waals surface area (Å²) in [5.74, 6) is -0.381. The van der Waals surface area contributed by atoms with Crippen molar-refractivity contribution in [3.8, 4) is 5.75 Å². The molecule has 26 heavy (non-hydrogen) atoms. The number of carbonyl (C=O) groups is 1. The number of rotatable bonds is 7. The van der Waals surface area contributed by atoms with Crippen LogP contribution in [0.25, 0.3) is 0 Å². The summed E-state index contributed by atoms with van der Waals surface area (Å²) < 4.78 is 10.5. The van der Waals surface area contributed by atoms with Crippen molar-refractivity contribution in [1.82, 2.24) is 0 Å². The van der Waals surface area contributed by atoms with Crippen LogP contribution < -0.4 is 5.43 Å². The van der Waals surface area contributed by atoms with Gasteiger partial charge < -0.3 is 14.3 Å². The third kappa shape index (κ3) is 5.29. The molecule has 0 fully saturated rings. The molecule has 5 nitrogen and oxygen atoms in total. The van der Waals surface area contributed by atoms with Gasteiger partial charge in [-0.05, 0) is 30.2 Å². The lowest BCUT2D eigenvalue weighted by atomic mass is 9.89. The average molecular weight is 397 g/mol. The summed E-state index contributed by atoms with van der Waals surface area (Å²) in [6.07, 6.45) is 0.0262. The first-order valence-electron chi connectivity index (χ1n) is 8.13. The van der Waals surface area contributed by atoms with E-state index in [0.29, 0.717) is 16.5 Å². The Morgan fingerprint density at radius 1 is 1.31 bits per heavy atom. The molecule has 0 amide bonds. The molecule has 1 atom stereocenters. The van der Waals surface area contributed by atoms with Crippen LogP contribution in [0.3, 0.4) is 0 Å². The van der Waals surface area contributed by atoms with Crippen LogP contribution in [0.5, 0.6) is 5.75 Å². The zero-order valence-corrected chi connectivity index (χ0v) is 16.4. The lowest BCUT2D eigenvalue weighted by Crippen LogP contribution is -2.16. The van der Waals surface area contributed by atoms with Gasteiger partial charge in [-0.15, -0.1) is 11.8 Å². The highest BCUT2D eigenvalue weighted by Gasteiger charge is 2.27. The van der Waals surface area contributed by atoms with E-state index in [-0.39, 0.29) is 18.1 Å². The fraction of sp³-hybridized carbons (Fsp3) is 0.368. The molecule has 1 heterocycles. The predicted molar refractivity (Wildman–Crippen MR) is 102 cm³/mol. The number of esters is 1. The smallest absolute Gasteiger partial charge is 0.306 e. The maximum Gasteiger partial charge on any atom is 0.306 e. The van der Waals surface area contributed by atoms with Gasteiger partial charge in [0.1, 0.15) is 5.76 Å². The van der Waals surface area contributed by atoms with Gasteiger partial charge in [0.15, 0.2) is 5.76 Å². The Kier molecular flexibility index (Phi) is 7.17. The van der Waals surface area contributed by atoms with E-state index in [2.05, 4.69) is 0 Å². The quantitative estimate of drug-likeness (QED) is 0.544. The van der Waals surface area contributed by atoms with Crippen molar-refractivity contribution in [2.45, 2.75) is 36.8 Å². The first-order valence-corrected chi connectivity index (χ1v) is 9.49. The van der Waals surface area contributed by atoms with Crippen molar-refractivity contribution >= 4 is 29.3 Å². The molecule has 1 aromatic heterocycles. The first-order chi connectivity index (χ1) is 12.3. The van der Waals surface area contributed by atoms with E-state index < -0.39 is 23.1 Å². The Hall–Kier alpha value is -1.92. The minimum absolute atomic E-state index is 0.0256. The third-order valence-corrected chi connectivity index (χ3v) is 5.24. The number of methoxy groups -OCH3 is 1. The topological polar surface area (TPSA) is 76.7 Å². The second-order valence-electron chi connectivity index (χ2n) is 6.16. The number of carbonyl (C=O) groups excluding carboxylic acids is 1. The van der Waals surface area contributed by atoms with Gasteiger partial charge in [-0.25, -0.2) is 0 Å². The van der Waals surface area contributed by atoms with E-state index in [1.54, 1.807) is 12.1 Å². The van der Waals surface area contributed by atoms with E-state index in [1.165, 1.54) is 24.9 Å². The molecule has 0 aliphatic rings. The molecule has 1 unspecified atom stereocenters. The van der Waals surface area contributed by atoms with Crippen molar-refractivity contribution in [3.63, 3.8) is 0 Å². The van der Waals surface area contributed by atoms with Gasteiger partial charge in [0.25, 0.3) is 0 Å². The fourth-order valence-electron chi connectivity index (χ4n) is 2.46. The Balaban J connectivity index is 2.27. The van der Waals surface area contributed by atoms with Crippen molar-refractivity contribution in [3.05, 3.63) is 57.1 Å². The highest BCUT2D eigenvalue weighted by Crippen LogP contribution is 2.34. The average Bonchev–Trinajstić information content (AvgIpc) is 2.61. The molecule has 140 valence electrons. The second kappa shape index (κ2) is 9.14. The molecule has 2 rings (SSSR count). The summed E-state index contributed by atoms with van der Waals surface area (Å²) >= 11 is 7.35. The minimum Gasteiger partial charge on any atom is -0.502 e. The monoisotopic (exact) mass is 396 g/mol. The molecule has 1 aromatic carbocycles. The molecular formula is C19H21ClO5S. The van der Waals surface area contributed by atoms with Crippen LogP contribution >= 0.6 is 23.4 Å². The van der Waals surface area contributed by atoms with Gasteiger partial charge in [-0.1, -0.05) is 25.4 Å². The highest BCUT2D eigenvalue weighted by atomic mass is 35.5. The maximum atomic E-state index is 12.1. The normalized spacial score (nSPS) is 12.2. The van der Waals surface area contributed by atoms with E-state index >= 15 is 0 Å². The number of aromatic hydroxyl groups is 1. The van der Waals surface area contributed by atoms with E-state index in [0.717, 1.165) is 4.90 Å². The molecule has 0 radical (unpaired) electrons. The molecule has 0 saturated heterocycles. The fourth-order valence-corrected chi connectivity index (χ4v) is 3.36. The third-order valence-electron chi connectivity index (χ3n) is 3.95. The summed E-state index contributed by atoms with van der Waals surface area (Å²) in [6.45, 7) is 3.78. The summed E-state index contributed by atoms with van der Waals surface area (Å²) in [7, 11) is 1.30. The number of benzene rings is 1. The van der Waals surface area contributed by atoms with Crippen LogP contribution in [0.2, 0.25) is 5.02 Å². The van der Waals surface area contributed by atoms with Gasteiger partial charge in [0, 0.05) is 21.9 Å². The SMILES string of the molecule is COC(=O)CC(c1oc(CSc2ccc(Cl)cc2)cc(=O)c1O)C(C)C. The number of ether oxygens (including phenoxy) is 1. The Morgan fingerprint density at radius 2 is 1.96 bits per heavy atom. The van der Waals surface area contributed by atoms with Gasteiger partial charge in [0.05, 0.1) is 19.3 Å². The zero-order valence-electron chi connectivity index (χ0n) is 14.8. The molecule has 7 heteroatoms. The number of thioether (sulfide) groups is 1. The van der Waals surface area contributed by atoms with E-state index in [1.807, 2.05) is 26.0 Å². The molecule has 2 aromatic rings. The minimum atomic E-state index is -0.520. The van der Waals surface area contributed by atoms with Crippen molar-refractivity contribution < 1.29 is 19.1 Å². The van der Waals surface area contributed by atoms with Gasteiger partial charge >= 0.3 is 5.97 Å². The maximum absolute atomic E-state index is 12.1. The Labute approximate surface area is 161 Å². The standard InChI is InChI=1S/C19H21ClO5S/c1-11(2)15(9-17(22)24-3)19-18(23)16(21)8-13(25-19)10-26-14-6-4-12(20)5-7-14/h4-8,11,15,23H,9-10H2,1-3H3. The summed E-state index contributed by atoms with van der Waals surface area (Å²) in [5, 5.41) is 10.8. The van der Waals surface area contributed by atoms with Crippen molar-refractivity contribution in [1.29, 1.82) is 0 Å². The molecule has 0 saturated carbocycles. The zero-order chi connectivity index (χ0) is 19.3. The molecule has 0 bridgehead atoms. The Morgan fingerprint density at radius 3 is 2.54 bits per heavy atom.